The zero-order valence-electron chi connectivity index (χ0n) is 43.8. The number of nitrogens with one attached hydrogen (secondary N) is 2. The maximum absolute atomic E-state index is 15.3. The Hall–Kier alpha value is -8.05. The third-order valence-corrected chi connectivity index (χ3v) is 14.2. The van der Waals surface area contributed by atoms with Gasteiger partial charge in [0.15, 0.2) is 23.7 Å². The molecule has 2 amide bonds. The summed E-state index contributed by atoms with van der Waals surface area (Å²) in [7, 11) is 2.71. The van der Waals surface area contributed by atoms with Gasteiger partial charge in [-0.25, -0.2) is 9.37 Å². The Kier molecular flexibility index (Phi) is 13.4. The molecule has 0 aliphatic carbocycles. The predicted molar refractivity (Wildman–Crippen MR) is 280 cm³/mol. The van der Waals surface area contributed by atoms with E-state index in [9.17, 15) is 28.8 Å². The Labute approximate surface area is 431 Å². The minimum Gasteiger partial charge on any atom is -0.399 e. The molecule has 6 aromatic heterocycles. The minimum atomic E-state index is -0.756. The molecule has 3 aliphatic rings. The fraction of sp³-hybridized carbons (Fsp3) is 0.385. The van der Waals surface area contributed by atoms with Gasteiger partial charge in [0.1, 0.15) is 17.2 Å². The molecule has 9 heterocycles. The second-order valence-electron chi connectivity index (χ2n) is 21.1. The van der Waals surface area contributed by atoms with E-state index in [0.717, 1.165) is 21.5 Å². The fourth-order valence-electron chi connectivity index (χ4n) is 9.17. The number of aromatic nitrogens is 9. The van der Waals surface area contributed by atoms with Crippen LogP contribution in [-0.4, -0.2) is 103 Å². The van der Waals surface area contributed by atoms with Gasteiger partial charge in [0, 0.05) is 88.2 Å². The van der Waals surface area contributed by atoms with E-state index in [2.05, 4.69) is 30.9 Å². The van der Waals surface area contributed by atoms with E-state index < -0.39 is 29.7 Å². The van der Waals surface area contributed by atoms with Crippen molar-refractivity contribution >= 4 is 64.5 Å². The van der Waals surface area contributed by atoms with Crippen molar-refractivity contribution in [3.05, 3.63) is 127 Å². The molecule has 21 nitrogen and oxygen atoms in total. The van der Waals surface area contributed by atoms with Crippen molar-refractivity contribution in [1.82, 2.24) is 53.3 Å². The largest absolute Gasteiger partial charge is 0.496 e. The smallest absolute Gasteiger partial charge is 0.399 e. The zero-order chi connectivity index (χ0) is 54.1. The molecule has 2 N–H and O–H groups in total. The number of pyridine rings is 3. The van der Waals surface area contributed by atoms with Crippen LogP contribution in [0.4, 0.5) is 27.4 Å². The number of hydrogen-bond acceptors (Lipinski definition) is 14. The summed E-state index contributed by atoms with van der Waals surface area (Å²) in [5.41, 5.74) is 2.16. The molecule has 3 aliphatic heterocycles. The molecule has 23 heteroatoms. The molecule has 7 aromatic rings. The molecule has 0 spiro atoms. The van der Waals surface area contributed by atoms with Crippen LogP contribution in [0.2, 0.25) is 0 Å². The second-order valence-corrected chi connectivity index (χ2v) is 21.1. The first-order valence-corrected chi connectivity index (χ1v) is 24.4. The molecule has 0 saturated carbocycles. The van der Waals surface area contributed by atoms with Crippen molar-refractivity contribution in [3.8, 4) is 16.9 Å². The highest BCUT2D eigenvalue weighted by atomic mass is 19.1. The van der Waals surface area contributed by atoms with Gasteiger partial charge in [-0.15, -0.1) is 0 Å². The maximum atomic E-state index is 15.3. The molecule has 75 heavy (non-hydrogen) atoms. The number of carbonyl (C=O) groups is 3. The number of benzene rings is 1. The highest BCUT2D eigenvalue weighted by Crippen LogP contribution is 2.37. The van der Waals surface area contributed by atoms with E-state index in [1.807, 2.05) is 59.2 Å². The van der Waals surface area contributed by atoms with Gasteiger partial charge in [-0.1, -0.05) is 20.8 Å². The van der Waals surface area contributed by atoms with E-state index >= 15 is 4.39 Å². The summed E-state index contributed by atoms with van der Waals surface area (Å²) >= 11 is 0. The molecule has 0 unspecified atom stereocenters. The highest BCUT2D eigenvalue weighted by Gasteiger charge is 2.52. The molecule has 390 valence electrons. The lowest BCUT2D eigenvalue weighted by Crippen LogP contribution is -2.41. The van der Waals surface area contributed by atoms with E-state index in [1.54, 1.807) is 78.2 Å². The number of aldehydes is 1. The van der Waals surface area contributed by atoms with Crippen LogP contribution >= 0.6 is 0 Å². The number of hydrogen-bond donors (Lipinski definition) is 2. The van der Waals surface area contributed by atoms with Crippen LogP contribution in [0.3, 0.4) is 0 Å². The van der Waals surface area contributed by atoms with E-state index in [0.29, 0.717) is 85.0 Å². The summed E-state index contributed by atoms with van der Waals surface area (Å²) in [6.07, 6.45) is 6.65. The number of anilines is 4. The molecular formula is C52H59BFN13O8. The average Bonchev–Trinajstić information content (AvgIpc) is 4.01. The number of nitrogens with zero attached hydrogens (tertiary/aromatic N) is 11. The highest BCUT2D eigenvalue weighted by molar-refractivity contribution is 6.62. The van der Waals surface area contributed by atoms with E-state index in [4.69, 9.17) is 9.31 Å². The van der Waals surface area contributed by atoms with Crippen molar-refractivity contribution in [2.45, 2.75) is 105 Å². The van der Waals surface area contributed by atoms with Crippen molar-refractivity contribution < 1.29 is 28.1 Å². The van der Waals surface area contributed by atoms with Crippen molar-refractivity contribution in [2.24, 2.45) is 14.1 Å². The Bertz CT molecular complexity index is 3630. The predicted octanol–water partition coefficient (Wildman–Crippen LogP) is 4.68. The van der Waals surface area contributed by atoms with Crippen LogP contribution in [0.15, 0.2) is 81.6 Å². The van der Waals surface area contributed by atoms with Gasteiger partial charge < -0.3 is 38.9 Å². The molecule has 0 radical (unpaired) electrons. The molecule has 0 bridgehead atoms. The fourth-order valence-corrected chi connectivity index (χ4v) is 9.17. The lowest BCUT2D eigenvalue weighted by atomic mass is 9.80. The molecular weight excluding hydrogens is 964 g/mol. The lowest BCUT2D eigenvalue weighted by Gasteiger charge is -2.32. The number of carbonyl (C=O) groups excluding carboxylic acids is 3. The summed E-state index contributed by atoms with van der Waals surface area (Å²) in [5, 5.41) is 19.7. The first-order valence-electron chi connectivity index (χ1n) is 24.4. The SMILES string of the molecule is CC(=O)N1CCn2nc(Nc3cc(-c4ccnc(-n5ncc6cc(C(C)(C)C)cc(F)c6c5=O)c4C=O)cn(C)c3=O)cc2C1.CC(=O)N1CCn2nc(Nc3cc(B4OC(C)(C)C(C)(C)O4)cn(C)c3=O)cc2C1. The average molecular weight is 1020 g/mol. The normalized spacial score (nSPS) is 15.8. The monoisotopic (exact) mass is 1020 g/mol. The number of amides is 2. The van der Waals surface area contributed by atoms with Crippen LogP contribution in [-0.2, 0) is 64.6 Å². The van der Waals surface area contributed by atoms with Gasteiger partial charge in [-0.2, -0.15) is 20.0 Å². The molecule has 0 atom stereocenters. The zero-order valence-corrected chi connectivity index (χ0v) is 43.8. The maximum Gasteiger partial charge on any atom is 0.496 e. The Balaban J connectivity index is 0.000000199. The third kappa shape index (κ3) is 10.0. The van der Waals surface area contributed by atoms with Crippen LogP contribution in [0.5, 0.6) is 0 Å². The first-order chi connectivity index (χ1) is 35.3. The molecule has 1 fully saturated rings. The Morgan fingerprint density at radius 2 is 1.31 bits per heavy atom. The first kappa shape index (κ1) is 51.8. The molecule has 1 saturated heterocycles. The van der Waals surface area contributed by atoms with Crippen molar-refractivity contribution in [2.75, 3.05) is 23.7 Å². The number of fused-ring (bicyclic) bond motifs is 3. The second kappa shape index (κ2) is 19.3. The standard InChI is InChI=1S/C32H31FN8O4.C20H28BN5O4/c1-18(43)39-8-9-40-22(16-39)13-27(37-40)36-26-11-20(15-38(5)30(26)44)23-6-7-34-29(24(23)17-42)41-31(45)28-19(14-35-41)10-21(12-25(28)33)32(2,3)4;1-13(27)25-7-8-26-15(12-25)10-17(23-26)22-16-9-14(11-24(6)18(16)28)21-29-19(2,3)20(4,5)30-21/h6-7,10-15,17H,8-9,16H2,1-5H3,(H,36,37);9-11H,7-8,12H2,1-6H3,(H,22,23). The summed E-state index contributed by atoms with van der Waals surface area (Å²) in [6.45, 7) is 20.1. The lowest BCUT2D eigenvalue weighted by molar-refractivity contribution is -0.131. The van der Waals surface area contributed by atoms with Crippen LogP contribution in [0.25, 0.3) is 27.7 Å². The Morgan fingerprint density at radius 3 is 1.84 bits per heavy atom. The summed E-state index contributed by atoms with van der Waals surface area (Å²) < 4.78 is 35.0. The van der Waals surface area contributed by atoms with Gasteiger partial charge in [-0.3, -0.25) is 38.1 Å². The minimum absolute atomic E-state index is 0.0257. The van der Waals surface area contributed by atoms with Crippen LogP contribution < -0.4 is 32.8 Å². The van der Waals surface area contributed by atoms with Gasteiger partial charge in [0.25, 0.3) is 16.7 Å². The van der Waals surface area contributed by atoms with Crippen LogP contribution in [0, 0.1) is 5.82 Å². The van der Waals surface area contributed by atoms with Crippen molar-refractivity contribution in [1.29, 1.82) is 0 Å². The van der Waals surface area contributed by atoms with Crippen LogP contribution in [0.1, 0.15) is 89.6 Å². The van der Waals surface area contributed by atoms with Crippen molar-refractivity contribution in [3.63, 3.8) is 0 Å². The van der Waals surface area contributed by atoms with Gasteiger partial charge in [0.05, 0.1) is 65.9 Å². The quantitative estimate of drug-likeness (QED) is 0.156. The summed E-state index contributed by atoms with van der Waals surface area (Å²) in [4.78, 5) is 83.1. The summed E-state index contributed by atoms with van der Waals surface area (Å²) in [6, 6.07) is 11.7. The molecule has 1 aromatic carbocycles. The number of aryl methyl sites for hydroxylation is 2. The van der Waals surface area contributed by atoms with E-state index in [-0.39, 0.29) is 50.8 Å². The Morgan fingerprint density at radius 1 is 0.760 bits per heavy atom. The van der Waals surface area contributed by atoms with Gasteiger partial charge in [-0.05, 0) is 74.6 Å². The van der Waals surface area contributed by atoms with E-state index in [1.165, 1.54) is 34.5 Å². The van der Waals surface area contributed by atoms with Gasteiger partial charge >= 0.3 is 7.12 Å². The third-order valence-electron chi connectivity index (χ3n) is 14.2. The number of rotatable bonds is 8. The topological polar surface area (TPSA) is 228 Å². The molecule has 10 rings (SSSR count). The summed E-state index contributed by atoms with van der Waals surface area (Å²) in [5.74, 6) is 0.251. The van der Waals surface area contributed by atoms with Gasteiger partial charge in [0.2, 0.25) is 11.8 Å². The number of halogens is 1.